The molecule has 384 valence electrons. The topological polar surface area (TPSA) is 245 Å². The Hall–Kier alpha value is 1.43. The normalized spacial score (nSPS) is 21.2. The molecule has 4 unspecified atom stereocenters. The number of ether oxygens (including phenoxy) is 2. The second-order valence-corrected chi connectivity index (χ2v) is 53.8. The molecule has 2 aliphatic rings. The molecule has 0 aliphatic carbocycles. The predicted molar refractivity (Wildman–Crippen MR) is 279 cm³/mol. The maximum Gasteiger partial charge on any atom is 0.495 e. The quantitative estimate of drug-likeness (QED) is 0.0344. The summed E-state index contributed by atoms with van der Waals surface area (Å²) in [5, 5.41) is 6.69. The van der Waals surface area contributed by atoms with Gasteiger partial charge in [0.1, 0.15) is 8.19 Å². The Labute approximate surface area is 407 Å². The van der Waals surface area contributed by atoms with E-state index in [1.54, 1.807) is 0 Å². The van der Waals surface area contributed by atoms with E-state index in [1.165, 1.54) is 0 Å². The van der Waals surface area contributed by atoms with Crippen LogP contribution < -0.4 is 22.1 Å². The summed E-state index contributed by atoms with van der Waals surface area (Å²) in [6.07, 6.45) is 1.87. The van der Waals surface area contributed by atoms with Crippen LogP contribution in [0.3, 0.4) is 0 Å². The van der Waals surface area contributed by atoms with Crippen LogP contribution in [-0.4, -0.2) is 224 Å². The van der Waals surface area contributed by atoms with E-state index in [0.717, 1.165) is 19.4 Å². The third-order valence-electron chi connectivity index (χ3n) is 9.54. The first-order chi connectivity index (χ1) is 30.8. The molecular formula is C34H91BN6O14Si10. The number of nitrogens with two attached hydrogens (primary N) is 2. The largest absolute Gasteiger partial charge is 0.495 e. The van der Waals surface area contributed by atoms with Crippen molar-refractivity contribution in [2.75, 3.05) is 104 Å². The molecule has 2 saturated heterocycles. The molecule has 9 N–H and O–H groups in total. The fourth-order valence-corrected chi connectivity index (χ4v) is 51.3. The van der Waals surface area contributed by atoms with Crippen LogP contribution in [0.1, 0.15) is 12.8 Å². The summed E-state index contributed by atoms with van der Waals surface area (Å²) in [4.78, 5) is 27.6. The molecule has 0 amide bonds. The Morgan fingerprint density at radius 1 is 0.538 bits per heavy atom. The molecule has 4 atom stereocenters. The Balaban J connectivity index is 2.67. The monoisotopic (exact) mass is 1100 g/mol. The molecule has 31 heteroatoms. The smallest absolute Gasteiger partial charge is 0.424 e. The van der Waals surface area contributed by atoms with E-state index in [0.29, 0.717) is 97.4 Å². The lowest BCUT2D eigenvalue weighted by Crippen LogP contribution is -2.71. The van der Waals surface area contributed by atoms with Crippen molar-refractivity contribution in [1.29, 1.82) is 2.86 Å². The summed E-state index contributed by atoms with van der Waals surface area (Å²) in [5.74, 6) is 0. The van der Waals surface area contributed by atoms with Crippen LogP contribution in [0.2, 0.25) is 104 Å². The molecule has 2 heterocycles. The van der Waals surface area contributed by atoms with Gasteiger partial charge in [-0.15, -0.1) is 0 Å². The summed E-state index contributed by atoms with van der Waals surface area (Å²) < 4.78 is 90.3. The second kappa shape index (κ2) is 26.9. The minimum absolute atomic E-state index is 0.105. The summed E-state index contributed by atoms with van der Waals surface area (Å²) in [5.41, 5.74) is 11.4. The molecule has 2 aliphatic heterocycles. The van der Waals surface area contributed by atoms with Gasteiger partial charge in [0.05, 0.1) is 46.2 Å². The molecular weight excluding hydrogens is 1010 g/mol. The third-order valence-corrected chi connectivity index (χ3v) is 44.8. The second-order valence-electron chi connectivity index (χ2n) is 20.2. The van der Waals surface area contributed by atoms with Gasteiger partial charge in [0, 0.05) is 52.4 Å². The molecule has 0 aromatic carbocycles. The number of morpholine rings is 2. The molecule has 0 aromatic heterocycles. The molecule has 2 radical (unpaired) electrons. The fraction of sp³-hybridized carbons (Fsp3) is 1.00. The van der Waals surface area contributed by atoms with Gasteiger partial charge >= 0.3 is 77.5 Å². The van der Waals surface area contributed by atoms with Crippen LogP contribution in [0.5, 0.6) is 0 Å². The minimum atomic E-state index is -4.28. The Bertz CT molecular complexity index is 1430. The zero-order valence-electron chi connectivity index (χ0n) is 44.5. The summed E-state index contributed by atoms with van der Waals surface area (Å²) >= 11 is 0. The maximum absolute atomic E-state index is 13.0. The summed E-state index contributed by atoms with van der Waals surface area (Å²) in [7, 11) is -26.6. The summed E-state index contributed by atoms with van der Waals surface area (Å²) in [6.45, 7) is 34.8. The van der Waals surface area contributed by atoms with E-state index in [2.05, 4.69) is 20.4 Å². The average Bonchev–Trinajstić information content (AvgIpc) is 3.15. The molecule has 2 fully saturated rings. The van der Waals surface area contributed by atoms with Crippen LogP contribution in [0, 0.1) is 0 Å². The SMILES string of the molecule is [2H]O[Si](C)(C)O[Si](C)(CCCNCCN)O[Si](C)(C)O[Si](O)(CN1CCOCC1)O[Si](C)(C)O[Si](CN1CCOCC1)(O[Si]([B])(C)C)O[Si](C)(C)O[Si](C)(CCCNCCN)O[Si](C)(C)O[2H]. The van der Waals surface area contributed by atoms with Gasteiger partial charge in [-0.3, -0.25) is 9.80 Å². The molecule has 0 bridgehead atoms. The lowest BCUT2D eigenvalue weighted by molar-refractivity contribution is 0.0348. The molecule has 20 nitrogen and oxygen atoms in total. The van der Waals surface area contributed by atoms with Crippen molar-refractivity contribution in [3.8, 4) is 0 Å². The highest BCUT2D eigenvalue weighted by atomic mass is 28.5. The minimum Gasteiger partial charge on any atom is -0.424 e. The Morgan fingerprint density at radius 3 is 1.28 bits per heavy atom. The van der Waals surface area contributed by atoms with E-state index in [4.69, 9.17) is 77.9 Å². The first-order valence-corrected chi connectivity index (χ1v) is 49.3. The van der Waals surface area contributed by atoms with E-state index in [1.807, 2.05) is 91.7 Å². The van der Waals surface area contributed by atoms with Crippen LogP contribution in [-0.2, 0) is 46.5 Å². The zero-order valence-corrected chi connectivity index (χ0v) is 52.5. The third kappa shape index (κ3) is 27.7. The lowest BCUT2D eigenvalue weighted by Gasteiger charge is -2.48. The predicted octanol–water partition coefficient (Wildman–Crippen LogP) is 1.13. The van der Waals surface area contributed by atoms with Crippen molar-refractivity contribution in [3.63, 3.8) is 0 Å². The number of hydrogen-bond donors (Lipinski definition) is 7. The fourth-order valence-electron chi connectivity index (χ4n) is 8.15. The number of hydrogen-bond acceptors (Lipinski definition) is 20. The van der Waals surface area contributed by atoms with E-state index in [9.17, 15) is 4.80 Å². The molecule has 65 heavy (non-hydrogen) atoms. The van der Waals surface area contributed by atoms with Crippen molar-refractivity contribution in [3.05, 3.63) is 0 Å². The van der Waals surface area contributed by atoms with Gasteiger partial charge in [-0.25, -0.2) is 0 Å². The standard InChI is InChI=1S/C34H91BN6O14Si10/c1-56(2,35)47-65(34-41-25-29-46-30-26-41,54-60(9,10)51-63(14,49-58(5,6)43)32-16-20-39-22-18-37)55-61(11,12)53-64(44,33-40-23-27-45-28-24-40)52-59(7,8)50-62(13,48-57(3,4)42)31-15-19-38-21-17-36/h38-39,42-44H,15-34,36-37H2,1-14H3/i42D,43D. The molecule has 2 rings (SSSR count). The Morgan fingerprint density at radius 2 is 0.908 bits per heavy atom. The van der Waals surface area contributed by atoms with E-state index >= 15 is 0 Å². The van der Waals surface area contributed by atoms with Gasteiger partial charge in [0.25, 0.3) is 0 Å². The van der Waals surface area contributed by atoms with Crippen LogP contribution in [0.4, 0.5) is 0 Å². The first-order valence-electron chi connectivity index (χ1n) is 24.1. The maximum atomic E-state index is 13.0. The van der Waals surface area contributed by atoms with Crippen LogP contribution in [0.15, 0.2) is 0 Å². The van der Waals surface area contributed by atoms with Gasteiger partial charge in [0.2, 0.25) is 0 Å². The van der Waals surface area contributed by atoms with E-state index in [-0.39, 0.29) is 12.3 Å². The number of rotatable bonds is 36. The highest BCUT2D eigenvalue weighted by Crippen LogP contribution is 2.34. The molecule has 0 spiro atoms. The van der Waals surface area contributed by atoms with Crippen LogP contribution in [0.25, 0.3) is 0 Å². The van der Waals surface area contributed by atoms with Gasteiger partial charge in [-0.05, 0) is 117 Å². The highest BCUT2D eigenvalue weighted by Gasteiger charge is 2.59. The van der Waals surface area contributed by atoms with Crippen molar-refractivity contribution in [2.24, 2.45) is 11.5 Å². The molecule has 0 saturated carbocycles. The van der Waals surface area contributed by atoms with Gasteiger partial charge in [0.15, 0.2) is 2.86 Å². The lowest BCUT2D eigenvalue weighted by atomic mass is 10.5. The first kappa shape index (κ1) is 59.0. The van der Waals surface area contributed by atoms with Crippen molar-refractivity contribution in [2.45, 2.75) is 117 Å². The number of nitrogens with zero attached hydrogens (tertiary/aromatic N) is 2. The van der Waals surface area contributed by atoms with Crippen molar-refractivity contribution >= 4 is 93.2 Å². The highest BCUT2D eigenvalue weighted by molar-refractivity contribution is 7.14. The summed E-state index contributed by atoms with van der Waals surface area (Å²) in [6, 6.07) is 1.20. The van der Waals surface area contributed by atoms with Crippen molar-refractivity contribution < 1.29 is 60.9 Å². The van der Waals surface area contributed by atoms with Crippen molar-refractivity contribution in [1.82, 2.24) is 20.4 Å². The Kier molecular flexibility index (Phi) is 24.4. The average molecular weight is 1100 g/mol. The molecule has 0 aromatic rings. The zero-order chi connectivity index (χ0) is 50.9. The van der Waals surface area contributed by atoms with Gasteiger partial charge in [-0.1, -0.05) is 13.1 Å². The van der Waals surface area contributed by atoms with Crippen LogP contribution >= 0.6 is 0 Å². The number of nitrogens with one attached hydrogen (secondary N) is 2. The van der Waals surface area contributed by atoms with E-state index < -0.39 is 85.7 Å². The van der Waals surface area contributed by atoms with Gasteiger partial charge < -0.3 is 83.0 Å². The van der Waals surface area contributed by atoms with Gasteiger partial charge in [-0.2, -0.15) is 0 Å².